The predicted molar refractivity (Wildman–Crippen MR) is 79.5 cm³/mol. The van der Waals surface area contributed by atoms with Crippen LogP contribution in [0.3, 0.4) is 0 Å². The van der Waals surface area contributed by atoms with Gasteiger partial charge in [0, 0.05) is 19.5 Å². The summed E-state index contributed by atoms with van der Waals surface area (Å²) in [5, 5.41) is 3.55. The zero-order chi connectivity index (χ0) is 13.4. The maximum Gasteiger partial charge on any atom is 0.111 e. The van der Waals surface area contributed by atoms with Gasteiger partial charge in [0.05, 0.1) is 11.0 Å². The topological polar surface area (TPSA) is 29.9 Å². The van der Waals surface area contributed by atoms with E-state index in [9.17, 15) is 0 Å². The highest BCUT2D eigenvalue weighted by Gasteiger charge is 2.18. The molecule has 0 bridgehead atoms. The average Bonchev–Trinajstić information content (AvgIpc) is 2.99. The van der Waals surface area contributed by atoms with Crippen LogP contribution in [0.25, 0.3) is 11.0 Å². The molecule has 1 fully saturated rings. The van der Waals surface area contributed by atoms with Gasteiger partial charge in [-0.25, -0.2) is 4.98 Å². The molecule has 0 amide bonds. The Bertz CT molecular complexity index is 577. The molecular formula is C16H23N3. The van der Waals surface area contributed by atoms with Crippen molar-refractivity contribution in [2.24, 2.45) is 7.05 Å². The van der Waals surface area contributed by atoms with Crippen molar-refractivity contribution in [3.8, 4) is 0 Å². The minimum Gasteiger partial charge on any atom is -0.331 e. The molecule has 0 spiro atoms. The van der Waals surface area contributed by atoms with Gasteiger partial charge < -0.3 is 9.88 Å². The molecule has 2 aromatic rings. The second-order valence-electron chi connectivity index (χ2n) is 5.99. The molecule has 2 heterocycles. The van der Waals surface area contributed by atoms with E-state index in [2.05, 4.69) is 49.0 Å². The molecule has 1 aliphatic heterocycles. The highest BCUT2D eigenvalue weighted by Crippen LogP contribution is 2.22. The number of imidazole rings is 1. The number of hydrogen-bond acceptors (Lipinski definition) is 2. The van der Waals surface area contributed by atoms with Crippen molar-refractivity contribution in [3.63, 3.8) is 0 Å². The van der Waals surface area contributed by atoms with Crippen LogP contribution in [-0.2, 0) is 13.5 Å². The summed E-state index contributed by atoms with van der Waals surface area (Å²) >= 11 is 0. The van der Waals surface area contributed by atoms with Crippen molar-refractivity contribution in [3.05, 3.63) is 29.6 Å². The zero-order valence-corrected chi connectivity index (χ0v) is 12.1. The fourth-order valence-electron chi connectivity index (χ4n) is 2.96. The lowest BCUT2D eigenvalue weighted by molar-refractivity contribution is 0.575. The Morgan fingerprint density at radius 1 is 1.42 bits per heavy atom. The lowest BCUT2D eigenvalue weighted by atomic mass is 10.0. The third-order valence-corrected chi connectivity index (χ3v) is 4.26. The van der Waals surface area contributed by atoms with Gasteiger partial charge in [-0.05, 0) is 43.0 Å². The molecule has 3 heteroatoms. The summed E-state index contributed by atoms with van der Waals surface area (Å²) < 4.78 is 2.25. The van der Waals surface area contributed by atoms with Crippen molar-refractivity contribution in [2.45, 2.75) is 45.1 Å². The normalized spacial score (nSPS) is 19.7. The molecule has 1 atom stereocenters. The molecule has 1 aromatic carbocycles. The first-order valence-electron chi connectivity index (χ1n) is 7.34. The molecule has 3 nitrogen and oxygen atoms in total. The van der Waals surface area contributed by atoms with Crippen LogP contribution in [0.5, 0.6) is 0 Å². The van der Waals surface area contributed by atoms with Crippen LogP contribution in [0, 0.1) is 0 Å². The molecule has 0 radical (unpaired) electrons. The zero-order valence-electron chi connectivity index (χ0n) is 12.1. The molecule has 1 aliphatic rings. The smallest absolute Gasteiger partial charge is 0.111 e. The number of rotatable bonds is 3. The molecule has 1 N–H and O–H groups in total. The first-order chi connectivity index (χ1) is 9.15. The van der Waals surface area contributed by atoms with Crippen molar-refractivity contribution >= 4 is 11.0 Å². The second kappa shape index (κ2) is 4.97. The van der Waals surface area contributed by atoms with E-state index in [0.29, 0.717) is 12.0 Å². The van der Waals surface area contributed by atoms with Crippen LogP contribution in [0.1, 0.15) is 44.0 Å². The first kappa shape index (κ1) is 12.7. The number of nitrogens with one attached hydrogen (secondary N) is 1. The van der Waals surface area contributed by atoms with Crippen molar-refractivity contribution < 1.29 is 0 Å². The van der Waals surface area contributed by atoms with Crippen LogP contribution < -0.4 is 5.32 Å². The van der Waals surface area contributed by atoms with Gasteiger partial charge in [-0.15, -0.1) is 0 Å². The van der Waals surface area contributed by atoms with Gasteiger partial charge in [-0.3, -0.25) is 0 Å². The molecule has 102 valence electrons. The number of aromatic nitrogens is 2. The Kier molecular flexibility index (Phi) is 3.31. The van der Waals surface area contributed by atoms with Crippen LogP contribution in [-0.4, -0.2) is 22.1 Å². The van der Waals surface area contributed by atoms with Gasteiger partial charge in [0.25, 0.3) is 0 Å². The van der Waals surface area contributed by atoms with Crippen LogP contribution in [0.4, 0.5) is 0 Å². The van der Waals surface area contributed by atoms with Crippen molar-refractivity contribution in [1.82, 2.24) is 14.9 Å². The maximum atomic E-state index is 4.84. The van der Waals surface area contributed by atoms with Gasteiger partial charge in [0.15, 0.2) is 0 Å². The van der Waals surface area contributed by atoms with Gasteiger partial charge in [0.2, 0.25) is 0 Å². The molecule has 0 saturated carbocycles. The van der Waals surface area contributed by atoms with Gasteiger partial charge in [0.1, 0.15) is 5.82 Å². The fourth-order valence-corrected chi connectivity index (χ4v) is 2.96. The largest absolute Gasteiger partial charge is 0.331 e. The van der Waals surface area contributed by atoms with E-state index in [1.54, 1.807) is 0 Å². The van der Waals surface area contributed by atoms with Crippen molar-refractivity contribution in [1.29, 1.82) is 0 Å². The Labute approximate surface area is 115 Å². The van der Waals surface area contributed by atoms with E-state index in [-0.39, 0.29) is 0 Å². The third kappa shape index (κ3) is 2.39. The van der Waals surface area contributed by atoms with E-state index in [1.807, 2.05) is 0 Å². The lowest BCUT2D eigenvalue weighted by Crippen LogP contribution is -2.25. The molecule has 1 unspecified atom stereocenters. The fraction of sp³-hybridized carbons (Fsp3) is 0.562. The molecule has 1 saturated heterocycles. The number of hydrogen-bond donors (Lipinski definition) is 1. The number of benzene rings is 1. The van der Waals surface area contributed by atoms with Crippen LogP contribution in [0.2, 0.25) is 0 Å². The number of aryl methyl sites for hydroxylation is 1. The van der Waals surface area contributed by atoms with E-state index >= 15 is 0 Å². The quantitative estimate of drug-likeness (QED) is 0.916. The monoisotopic (exact) mass is 257 g/mol. The summed E-state index contributed by atoms with van der Waals surface area (Å²) in [5.41, 5.74) is 3.76. The van der Waals surface area contributed by atoms with Crippen LogP contribution >= 0.6 is 0 Å². The summed E-state index contributed by atoms with van der Waals surface area (Å²) in [6.07, 6.45) is 3.62. The molecule has 1 aromatic heterocycles. The summed E-state index contributed by atoms with van der Waals surface area (Å²) in [6, 6.07) is 7.29. The van der Waals surface area contributed by atoms with Crippen molar-refractivity contribution in [2.75, 3.05) is 6.54 Å². The van der Waals surface area contributed by atoms with E-state index in [0.717, 1.165) is 18.5 Å². The van der Waals surface area contributed by atoms with Gasteiger partial charge >= 0.3 is 0 Å². The second-order valence-corrected chi connectivity index (χ2v) is 5.99. The summed E-state index contributed by atoms with van der Waals surface area (Å²) in [6.45, 7) is 5.62. The minimum atomic E-state index is 0.561. The first-order valence-corrected chi connectivity index (χ1v) is 7.34. The number of nitrogens with zero attached hydrogens (tertiary/aromatic N) is 2. The minimum absolute atomic E-state index is 0.561. The molecule has 0 aliphatic carbocycles. The Morgan fingerprint density at radius 2 is 2.26 bits per heavy atom. The average molecular weight is 257 g/mol. The van der Waals surface area contributed by atoms with E-state index in [1.165, 1.54) is 29.7 Å². The Morgan fingerprint density at radius 3 is 2.95 bits per heavy atom. The van der Waals surface area contributed by atoms with E-state index < -0.39 is 0 Å². The summed E-state index contributed by atoms with van der Waals surface area (Å²) in [5.74, 6) is 1.77. The maximum absolute atomic E-state index is 4.84. The molecule has 19 heavy (non-hydrogen) atoms. The van der Waals surface area contributed by atoms with Gasteiger partial charge in [-0.2, -0.15) is 0 Å². The molecular weight excluding hydrogens is 234 g/mol. The van der Waals surface area contributed by atoms with Gasteiger partial charge in [-0.1, -0.05) is 19.9 Å². The summed E-state index contributed by atoms with van der Waals surface area (Å²) in [4.78, 5) is 4.84. The highest BCUT2D eigenvalue weighted by molar-refractivity contribution is 5.77. The Hall–Kier alpha value is -1.35. The van der Waals surface area contributed by atoms with Crippen LogP contribution in [0.15, 0.2) is 18.2 Å². The lowest BCUT2D eigenvalue weighted by Gasteiger charge is -2.09. The Balaban J connectivity index is 1.94. The highest BCUT2D eigenvalue weighted by atomic mass is 15.1. The standard InChI is InChI=1S/C16H23N3/c1-11(2)12-6-7-15-14(9-12)18-16(19(15)3)10-13-5-4-8-17-13/h6-7,9,11,13,17H,4-5,8,10H2,1-3H3. The third-order valence-electron chi connectivity index (χ3n) is 4.26. The van der Waals surface area contributed by atoms with E-state index in [4.69, 9.17) is 4.98 Å². The predicted octanol–water partition coefficient (Wildman–Crippen LogP) is 2.99. The SMILES string of the molecule is CC(C)c1ccc2c(c1)nc(CC1CCCN1)n2C. The molecule has 3 rings (SSSR count). The number of fused-ring (bicyclic) bond motifs is 1. The summed E-state index contributed by atoms with van der Waals surface area (Å²) in [7, 11) is 2.13.